The highest BCUT2D eigenvalue weighted by Crippen LogP contribution is 2.22. The largest absolute Gasteiger partial charge is 0.695 e. The molecule has 2 atom stereocenters. The summed E-state index contributed by atoms with van der Waals surface area (Å²) in [5.41, 5.74) is 1.66. The molecule has 114 valence electrons. The summed E-state index contributed by atoms with van der Waals surface area (Å²) in [6.07, 6.45) is -0.935. The van der Waals surface area contributed by atoms with Gasteiger partial charge in [-0.25, -0.2) is 4.79 Å². The summed E-state index contributed by atoms with van der Waals surface area (Å²) in [5, 5.41) is 0. The van der Waals surface area contributed by atoms with Gasteiger partial charge in [0.2, 0.25) is 6.10 Å². The Bertz CT molecular complexity index is 615. The Morgan fingerprint density at radius 3 is 2.09 bits per heavy atom. The minimum absolute atomic E-state index is 0.0938. The van der Waals surface area contributed by atoms with Crippen LogP contribution in [0.1, 0.15) is 11.1 Å². The summed E-state index contributed by atoms with van der Waals surface area (Å²) in [5.74, 6) is -0.662. The SMILES string of the molecule is O=C(OCc1ccccc1)[C@H](Cc1ccccc1)O[P+](=O)O. The molecule has 0 amide bonds. The number of carbonyl (C=O) groups is 1. The molecule has 0 fully saturated rings. The van der Waals surface area contributed by atoms with Crippen LogP contribution in [-0.2, 0) is 31.6 Å². The van der Waals surface area contributed by atoms with Crippen LogP contribution >= 0.6 is 8.25 Å². The normalized spacial score (nSPS) is 12.5. The van der Waals surface area contributed by atoms with Gasteiger partial charge in [-0.1, -0.05) is 60.7 Å². The van der Waals surface area contributed by atoms with Crippen molar-refractivity contribution < 1.29 is 23.5 Å². The third-order valence-electron chi connectivity index (χ3n) is 2.97. The van der Waals surface area contributed by atoms with Crippen LogP contribution in [0.3, 0.4) is 0 Å². The van der Waals surface area contributed by atoms with Crippen LogP contribution in [0, 0.1) is 0 Å². The van der Waals surface area contributed by atoms with Gasteiger partial charge in [0, 0.05) is 11.0 Å². The Morgan fingerprint density at radius 1 is 1.00 bits per heavy atom. The molecule has 0 spiro atoms. The van der Waals surface area contributed by atoms with E-state index >= 15 is 0 Å². The van der Waals surface area contributed by atoms with Gasteiger partial charge in [0.15, 0.2) is 0 Å². The highest BCUT2D eigenvalue weighted by atomic mass is 31.1. The molecule has 0 saturated heterocycles. The van der Waals surface area contributed by atoms with Crippen LogP contribution in [0.4, 0.5) is 0 Å². The lowest BCUT2D eigenvalue weighted by atomic mass is 10.1. The van der Waals surface area contributed by atoms with Crippen LogP contribution in [0.25, 0.3) is 0 Å². The maximum absolute atomic E-state index is 12.1. The molecule has 0 aromatic heterocycles. The molecule has 0 aliphatic rings. The molecule has 1 unspecified atom stereocenters. The van der Waals surface area contributed by atoms with Crippen molar-refractivity contribution in [3.05, 3.63) is 71.8 Å². The first kappa shape index (κ1) is 16.3. The predicted octanol–water partition coefficient (Wildman–Crippen LogP) is 3.01. The van der Waals surface area contributed by atoms with Crippen molar-refractivity contribution in [2.24, 2.45) is 0 Å². The van der Waals surface area contributed by atoms with E-state index in [0.717, 1.165) is 11.1 Å². The summed E-state index contributed by atoms with van der Waals surface area (Å²) >= 11 is 0. The van der Waals surface area contributed by atoms with E-state index in [4.69, 9.17) is 14.2 Å². The lowest BCUT2D eigenvalue weighted by molar-refractivity contribution is -0.153. The van der Waals surface area contributed by atoms with Crippen LogP contribution in [0.15, 0.2) is 60.7 Å². The van der Waals surface area contributed by atoms with Gasteiger partial charge < -0.3 is 4.74 Å². The molecule has 2 aromatic rings. The number of benzene rings is 2. The average Bonchev–Trinajstić information content (AvgIpc) is 2.53. The lowest BCUT2D eigenvalue weighted by Crippen LogP contribution is -2.26. The van der Waals surface area contributed by atoms with Crippen LogP contribution in [0.2, 0.25) is 0 Å². The van der Waals surface area contributed by atoms with Crippen molar-refractivity contribution in [3.8, 4) is 0 Å². The minimum atomic E-state index is -2.88. The first-order valence-corrected chi connectivity index (χ1v) is 7.85. The molecule has 0 saturated carbocycles. The molecule has 2 rings (SSSR count). The quantitative estimate of drug-likeness (QED) is 0.627. The number of carbonyl (C=O) groups excluding carboxylic acids is 1. The summed E-state index contributed by atoms with van der Waals surface area (Å²) in [6.45, 7) is 0.0938. The van der Waals surface area contributed by atoms with E-state index in [1.54, 1.807) is 0 Å². The predicted molar refractivity (Wildman–Crippen MR) is 81.1 cm³/mol. The molecule has 2 aromatic carbocycles. The van der Waals surface area contributed by atoms with Crippen molar-refractivity contribution >= 4 is 14.2 Å². The summed E-state index contributed by atoms with van der Waals surface area (Å²) < 4.78 is 20.9. The van der Waals surface area contributed by atoms with E-state index in [1.807, 2.05) is 60.7 Å². The summed E-state index contributed by atoms with van der Waals surface area (Å²) in [4.78, 5) is 21.0. The maximum Gasteiger partial charge on any atom is 0.695 e. The zero-order chi connectivity index (χ0) is 15.8. The monoisotopic (exact) mass is 319 g/mol. The van der Waals surface area contributed by atoms with E-state index in [9.17, 15) is 9.36 Å². The van der Waals surface area contributed by atoms with Crippen molar-refractivity contribution in [1.29, 1.82) is 0 Å². The number of hydrogen-bond donors (Lipinski definition) is 1. The molecule has 0 aliphatic carbocycles. The molecule has 6 heteroatoms. The Kier molecular flexibility index (Phi) is 6.22. The van der Waals surface area contributed by atoms with Gasteiger partial charge in [-0.3, -0.25) is 0 Å². The van der Waals surface area contributed by atoms with Crippen molar-refractivity contribution in [1.82, 2.24) is 0 Å². The second-order valence-electron chi connectivity index (χ2n) is 4.61. The second-order valence-corrected chi connectivity index (χ2v) is 5.30. The number of hydrogen-bond acceptors (Lipinski definition) is 4. The smallest absolute Gasteiger partial charge is 0.459 e. The fourth-order valence-corrected chi connectivity index (χ4v) is 2.30. The number of rotatable bonds is 7. The van der Waals surface area contributed by atoms with Crippen molar-refractivity contribution in [3.63, 3.8) is 0 Å². The van der Waals surface area contributed by atoms with Gasteiger partial charge in [0.25, 0.3) is 0 Å². The second kappa shape index (κ2) is 8.39. The van der Waals surface area contributed by atoms with Gasteiger partial charge in [-0.15, -0.1) is 9.42 Å². The summed E-state index contributed by atoms with van der Waals surface area (Å²) in [7, 11) is -2.88. The van der Waals surface area contributed by atoms with Gasteiger partial charge >= 0.3 is 14.2 Å². The molecule has 0 bridgehead atoms. The molecular weight excluding hydrogens is 303 g/mol. The minimum Gasteiger partial charge on any atom is -0.459 e. The van der Waals surface area contributed by atoms with Gasteiger partial charge in [-0.05, 0) is 11.1 Å². The van der Waals surface area contributed by atoms with E-state index in [2.05, 4.69) is 0 Å². The fraction of sp³-hybridized carbons (Fsp3) is 0.188. The Morgan fingerprint density at radius 2 is 1.55 bits per heavy atom. The molecule has 0 heterocycles. The topological polar surface area (TPSA) is 72.8 Å². The Hall–Kier alpha value is -2.07. The maximum atomic E-state index is 12.1. The lowest BCUT2D eigenvalue weighted by Gasteiger charge is -2.11. The van der Waals surface area contributed by atoms with Gasteiger partial charge in [0.1, 0.15) is 6.61 Å². The Labute approximate surface area is 129 Å². The molecule has 1 N–H and O–H groups in total. The van der Waals surface area contributed by atoms with Crippen molar-refractivity contribution in [2.45, 2.75) is 19.1 Å². The highest BCUT2D eigenvalue weighted by Gasteiger charge is 2.31. The zero-order valence-corrected chi connectivity index (χ0v) is 12.7. The molecule has 0 aliphatic heterocycles. The van der Waals surface area contributed by atoms with E-state index < -0.39 is 20.3 Å². The van der Waals surface area contributed by atoms with Crippen LogP contribution in [-0.4, -0.2) is 17.0 Å². The first-order valence-electron chi connectivity index (χ1n) is 6.72. The first-order chi connectivity index (χ1) is 10.6. The molecule has 22 heavy (non-hydrogen) atoms. The third-order valence-corrected chi connectivity index (χ3v) is 3.40. The average molecular weight is 319 g/mol. The number of esters is 1. The third kappa shape index (κ3) is 5.37. The van der Waals surface area contributed by atoms with E-state index in [1.165, 1.54) is 0 Å². The van der Waals surface area contributed by atoms with E-state index in [-0.39, 0.29) is 13.0 Å². The van der Waals surface area contributed by atoms with E-state index in [0.29, 0.717) is 0 Å². The fourth-order valence-electron chi connectivity index (χ4n) is 1.92. The van der Waals surface area contributed by atoms with Crippen LogP contribution in [0.5, 0.6) is 0 Å². The standard InChI is InChI=1S/C16H15O5P/c17-16(20-12-14-9-5-2-6-10-14)15(21-22(18)19)11-13-7-3-1-4-8-13/h1-10,15H,11-12H2/p+1/t15-/m0/s1. The van der Waals surface area contributed by atoms with Gasteiger partial charge in [-0.2, -0.15) is 0 Å². The highest BCUT2D eigenvalue weighted by molar-refractivity contribution is 7.32. The molecular formula is C16H16O5P+. The van der Waals surface area contributed by atoms with Gasteiger partial charge in [0.05, 0.1) is 0 Å². The zero-order valence-electron chi connectivity index (χ0n) is 11.8. The molecule has 5 nitrogen and oxygen atoms in total. The van der Waals surface area contributed by atoms with Crippen LogP contribution < -0.4 is 0 Å². The van der Waals surface area contributed by atoms with Crippen molar-refractivity contribution in [2.75, 3.05) is 0 Å². The summed E-state index contributed by atoms with van der Waals surface area (Å²) in [6, 6.07) is 18.3. The number of ether oxygens (including phenoxy) is 1. The Balaban J connectivity index is 1.98. The molecule has 0 radical (unpaired) electrons.